The third-order valence-corrected chi connectivity index (χ3v) is 8.75. The molecule has 0 aliphatic heterocycles. The molecule has 0 fully saturated rings. The molecule has 7 nitrogen and oxygen atoms in total. The van der Waals surface area contributed by atoms with Crippen molar-refractivity contribution in [2.75, 3.05) is 23.9 Å². The molecule has 1 unspecified atom stereocenters. The summed E-state index contributed by atoms with van der Waals surface area (Å²) in [5.41, 5.74) is 2.98. The molecule has 208 valence electrons. The number of carbonyl (C=O) groups is 2. The van der Waals surface area contributed by atoms with Gasteiger partial charge in [0.25, 0.3) is 10.0 Å². The van der Waals surface area contributed by atoms with Gasteiger partial charge in [0, 0.05) is 18.1 Å². The number of aryl methyl sites for hydroxylation is 2. The molecule has 0 aliphatic carbocycles. The highest BCUT2D eigenvalue weighted by Gasteiger charge is 2.33. The molecule has 0 aliphatic rings. The van der Waals surface area contributed by atoms with Gasteiger partial charge in [-0.25, -0.2) is 8.42 Å². The van der Waals surface area contributed by atoms with E-state index in [2.05, 4.69) is 5.32 Å². The second-order valence-corrected chi connectivity index (χ2v) is 11.7. The Morgan fingerprint density at radius 1 is 0.949 bits per heavy atom. The molecule has 3 rings (SSSR count). The van der Waals surface area contributed by atoms with Gasteiger partial charge in [0.1, 0.15) is 12.6 Å². The normalized spacial score (nSPS) is 12.0. The van der Waals surface area contributed by atoms with E-state index in [1.807, 2.05) is 58.0 Å². The van der Waals surface area contributed by atoms with Gasteiger partial charge in [-0.1, -0.05) is 72.6 Å². The van der Waals surface area contributed by atoms with Crippen LogP contribution < -0.4 is 9.62 Å². The molecule has 1 N–H and O–H groups in total. The van der Waals surface area contributed by atoms with Crippen LogP contribution in [0.1, 0.15) is 37.0 Å². The summed E-state index contributed by atoms with van der Waals surface area (Å²) in [4.78, 5) is 28.5. The number of sulfonamides is 1. The molecule has 0 heterocycles. The second-order valence-electron chi connectivity index (χ2n) is 9.40. The van der Waals surface area contributed by atoms with Crippen LogP contribution in [-0.4, -0.2) is 50.8 Å². The van der Waals surface area contributed by atoms with Crippen molar-refractivity contribution >= 4 is 39.1 Å². The molecule has 3 aromatic rings. The minimum atomic E-state index is -4.13. The van der Waals surface area contributed by atoms with Gasteiger partial charge in [-0.15, -0.1) is 0 Å². The molecule has 0 spiro atoms. The summed E-state index contributed by atoms with van der Waals surface area (Å²) in [7, 11) is -4.13. The SMILES string of the molecule is CCNC(=O)C(CC)N(CCc1ccccc1)C(=O)CN(c1ccc(C)c(Cl)c1)S(=O)(=O)c1ccc(C)cc1. The van der Waals surface area contributed by atoms with Gasteiger partial charge in [0.2, 0.25) is 11.8 Å². The van der Waals surface area contributed by atoms with Gasteiger partial charge in [0.15, 0.2) is 0 Å². The Bertz CT molecular complexity index is 1380. The Balaban J connectivity index is 2.03. The quantitative estimate of drug-likeness (QED) is 0.327. The molecular formula is C30H36ClN3O4S. The van der Waals surface area contributed by atoms with Gasteiger partial charge in [-0.2, -0.15) is 0 Å². The number of carbonyl (C=O) groups excluding carboxylic acids is 2. The van der Waals surface area contributed by atoms with Crippen molar-refractivity contribution in [1.82, 2.24) is 10.2 Å². The van der Waals surface area contributed by atoms with Crippen LogP contribution in [0.2, 0.25) is 5.02 Å². The Morgan fingerprint density at radius 2 is 1.62 bits per heavy atom. The molecule has 0 radical (unpaired) electrons. The van der Waals surface area contributed by atoms with Crippen LogP contribution in [0.25, 0.3) is 0 Å². The number of rotatable bonds is 12. The highest BCUT2D eigenvalue weighted by molar-refractivity contribution is 7.92. The summed E-state index contributed by atoms with van der Waals surface area (Å²) in [6.07, 6.45) is 0.900. The number of amides is 2. The summed E-state index contributed by atoms with van der Waals surface area (Å²) in [6.45, 7) is 7.53. The summed E-state index contributed by atoms with van der Waals surface area (Å²) in [5, 5.41) is 3.20. The number of halogens is 1. The fraction of sp³-hybridized carbons (Fsp3) is 0.333. The minimum absolute atomic E-state index is 0.0594. The first-order chi connectivity index (χ1) is 18.6. The zero-order valence-corrected chi connectivity index (χ0v) is 24.4. The van der Waals surface area contributed by atoms with Crippen LogP contribution >= 0.6 is 11.6 Å². The highest BCUT2D eigenvalue weighted by Crippen LogP contribution is 2.28. The number of likely N-dealkylation sites (N-methyl/N-ethyl adjacent to an activating group) is 1. The monoisotopic (exact) mass is 569 g/mol. The van der Waals surface area contributed by atoms with E-state index >= 15 is 0 Å². The molecule has 1 atom stereocenters. The van der Waals surface area contributed by atoms with E-state index in [4.69, 9.17) is 11.6 Å². The van der Waals surface area contributed by atoms with Crippen molar-refractivity contribution in [2.24, 2.45) is 0 Å². The zero-order valence-electron chi connectivity index (χ0n) is 22.9. The van der Waals surface area contributed by atoms with Crippen LogP contribution in [0.4, 0.5) is 5.69 Å². The molecule has 2 amide bonds. The second kappa shape index (κ2) is 13.6. The van der Waals surface area contributed by atoms with E-state index in [9.17, 15) is 18.0 Å². The standard InChI is InChI=1S/C30H36ClN3O4S/c1-5-28(30(36)32-6-2)33(19-18-24-10-8-7-9-11-24)29(35)21-34(25-15-14-23(4)27(31)20-25)39(37,38)26-16-12-22(3)13-17-26/h7-17,20,28H,5-6,18-19,21H2,1-4H3,(H,32,36). The number of nitrogens with one attached hydrogen (secondary N) is 1. The lowest BCUT2D eigenvalue weighted by molar-refractivity contribution is -0.139. The van der Waals surface area contributed by atoms with E-state index in [1.54, 1.807) is 30.3 Å². The summed E-state index contributed by atoms with van der Waals surface area (Å²) in [6, 6.07) is 20.3. The molecule has 3 aromatic carbocycles. The van der Waals surface area contributed by atoms with E-state index in [1.165, 1.54) is 17.0 Å². The predicted molar refractivity (Wildman–Crippen MR) is 157 cm³/mol. The maximum Gasteiger partial charge on any atom is 0.264 e. The topological polar surface area (TPSA) is 86.8 Å². The lowest BCUT2D eigenvalue weighted by Crippen LogP contribution is -2.53. The number of hydrogen-bond acceptors (Lipinski definition) is 4. The lowest BCUT2D eigenvalue weighted by Gasteiger charge is -2.33. The van der Waals surface area contributed by atoms with Gasteiger partial charge >= 0.3 is 0 Å². The smallest absolute Gasteiger partial charge is 0.264 e. The fourth-order valence-corrected chi connectivity index (χ4v) is 5.87. The zero-order chi connectivity index (χ0) is 28.6. The summed E-state index contributed by atoms with van der Waals surface area (Å²) >= 11 is 6.37. The van der Waals surface area contributed by atoms with E-state index in [0.29, 0.717) is 24.4 Å². The Morgan fingerprint density at radius 3 is 2.21 bits per heavy atom. The van der Waals surface area contributed by atoms with Crippen molar-refractivity contribution in [3.8, 4) is 0 Å². The van der Waals surface area contributed by atoms with Crippen LogP contribution in [0.15, 0.2) is 77.7 Å². The fourth-order valence-electron chi connectivity index (χ4n) is 4.29. The van der Waals surface area contributed by atoms with E-state index in [0.717, 1.165) is 21.0 Å². The van der Waals surface area contributed by atoms with Gasteiger partial charge in [0.05, 0.1) is 10.6 Å². The predicted octanol–water partition coefficient (Wildman–Crippen LogP) is 5.14. The molecule has 0 saturated carbocycles. The van der Waals surface area contributed by atoms with Gasteiger partial charge in [-0.3, -0.25) is 13.9 Å². The molecule has 9 heteroatoms. The number of nitrogens with zero attached hydrogens (tertiary/aromatic N) is 2. The first-order valence-electron chi connectivity index (χ1n) is 13.0. The molecule has 0 bridgehead atoms. The van der Waals surface area contributed by atoms with Crippen LogP contribution in [0.5, 0.6) is 0 Å². The van der Waals surface area contributed by atoms with Crippen LogP contribution in [0, 0.1) is 13.8 Å². The molecule has 39 heavy (non-hydrogen) atoms. The number of hydrogen-bond donors (Lipinski definition) is 1. The van der Waals surface area contributed by atoms with E-state index in [-0.39, 0.29) is 23.0 Å². The third-order valence-electron chi connectivity index (χ3n) is 6.55. The van der Waals surface area contributed by atoms with Gasteiger partial charge < -0.3 is 10.2 Å². The first-order valence-corrected chi connectivity index (χ1v) is 14.9. The lowest BCUT2D eigenvalue weighted by atomic mass is 10.1. The molecule has 0 aromatic heterocycles. The van der Waals surface area contributed by atoms with Crippen molar-refractivity contribution in [2.45, 2.75) is 51.5 Å². The average molecular weight is 570 g/mol. The van der Waals surface area contributed by atoms with Crippen molar-refractivity contribution in [3.63, 3.8) is 0 Å². The van der Waals surface area contributed by atoms with Crippen molar-refractivity contribution in [3.05, 3.63) is 94.5 Å². The first kappa shape index (κ1) is 30.2. The number of benzene rings is 3. The largest absolute Gasteiger partial charge is 0.355 e. The van der Waals surface area contributed by atoms with Crippen LogP contribution in [0.3, 0.4) is 0 Å². The third kappa shape index (κ3) is 7.61. The van der Waals surface area contributed by atoms with Crippen molar-refractivity contribution < 1.29 is 18.0 Å². The molecular weight excluding hydrogens is 534 g/mol. The maximum absolute atomic E-state index is 13.9. The van der Waals surface area contributed by atoms with E-state index < -0.39 is 28.5 Å². The number of anilines is 1. The molecule has 0 saturated heterocycles. The maximum atomic E-state index is 13.9. The summed E-state index contributed by atoms with van der Waals surface area (Å²) in [5.74, 6) is -0.746. The van der Waals surface area contributed by atoms with Gasteiger partial charge in [-0.05, 0) is 69.0 Å². The Kier molecular flexibility index (Phi) is 10.5. The van der Waals surface area contributed by atoms with Crippen molar-refractivity contribution in [1.29, 1.82) is 0 Å². The highest BCUT2D eigenvalue weighted by atomic mass is 35.5. The minimum Gasteiger partial charge on any atom is -0.355 e. The summed E-state index contributed by atoms with van der Waals surface area (Å²) < 4.78 is 28.8. The van der Waals surface area contributed by atoms with Crippen LogP contribution in [-0.2, 0) is 26.0 Å². The Hall–Kier alpha value is -3.36. The average Bonchev–Trinajstić information content (AvgIpc) is 2.92. The Labute approximate surface area is 236 Å².